The van der Waals surface area contributed by atoms with Crippen LogP contribution in [0.4, 0.5) is 5.00 Å². The molecular weight excluding hydrogens is 422 g/mol. The first-order valence-corrected chi connectivity index (χ1v) is 11.9. The third-order valence-corrected chi connectivity index (χ3v) is 7.43. The molecule has 0 spiro atoms. The minimum atomic E-state index is -0.143. The van der Waals surface area contributed by atoms with E-state index in [-0.39, 0.29) is 30.3 Å². The average molecular weight is 454 g/mol. The summed E-state index contributed by atoms with van der Waals surface area (Å²) in [5.41, 5.74) is 5.23. The van der Waals surface area contributed by atoms with Gasteiger partial charge in [-0.05, 0) is 30.4 Å². The third-order valence-electron chi connectivity index (χ3n) is 6.20. The van der Waals surface area contributed by atoms with Gasteiger partial charge in [0.1, 0.15) is 18.1 Å². The van der Waals surface area contributed by atoms with Crippen molar-refractivity contribution in [2.24, 2.45) is 4.99 Å². The molecule has 0 unspecified atom stereocenters. The summed E-state index contributed by atoms with van der Waals surface area (Å²) in [7, 11) is 0. The summed E-state index contributed by atoms with van der Waals surface area (Å²) in [6.07, 6.45) is 0. The highest BCUT2D eigenvalue weighted by atomic mass is 32.1. The van der Waals surface area contributed by atoms with Crippen molar-refractivity contribution in [3.63, 3.8) is 0 Å². The van der Waals surface area contributed by atoms with Crippen LogP contribution in [0.2, 0.25) is 0 Å². The van der Waals surface area contributed by atoms with Gasteiger partial charge in [-0.2, -0.15) is 0 Å². The molecule has 3 heterocycles. The normalized spacial score (nSPS) is 17.2. The van der Waals surface area contributed by atoms with E-state index in [0.29, 0.717) is 26.3 Å². The number of nitrogens with zero attached hydrogens (tertiary/aromatic N) is 3. The van der Waals surface area contributed by atoms with E-state index in [1.54, 1.807) is 21.1 Å². The van der Waals surface area contributed by atoms with E-state index < -0.39 is 0 Å². The number of aliphatic imine (C=N–C) groups is 1. The molecule has 4 rings (SSSR count). The number of ether oxygens (including phenoxy) is 1. The zero-order valence-electron chi connectivity index (χ0n) is 19.5. The first kappa shape index (κ1) is 22.7. The van der Waals surface area contributed by atoms with Gasteiger partial charge in [0.2, 0.25) is 11.8 Å². The van der Waals surface area contributed by atoms with Crippen LogP contribution < -0.4 is 4.90 Å². The van der Waals surface area contributed by atoms with E-state index in [9.17, 15) is 9.59 Å². The van der Waals surface area contributed by atoms with Crippen molar-refractivity contribution in [1.29, 1.82) is 0 Å². The van der Waals surface area contributed by atoms with Gasteiger partial charge >= 0.3 is 0 Å². The summed E-state index contributed by atoms with van der Waals surface area (Å²) in [5.74, 6) is -0.190. The summed E-state index contributed by atoms with van der Waals surface area (Å²) < 4.78 is 5.36. The topological polar surface area (TPSA) is 62.2 Å². The molecule has 170 valence electrons. The van der Waals surface area contributed by atoms with Crippen LogP contribution in [0.15, 0.2) is 29.3 Å². The molecule has 2 aromatic rings. The van der Waals surface area contributed by atoms with E-state index in [1.165, 1.54) is 5.56 Å². The summed E-state index contributed by atoms with van der Waals surface area (Å²) in [5, 5.41) is 0.822. The number of hydrogen-bond acceptors (Lipinski definition) is 5. The van der Waals surface area contributed by atoms with Crippen molar-refractivity contribution in [3.8, 4) is 0 Å². The van der Waals surface area contributed by atoms with Crippen LogP contribution >= 0.6 is 11.3 Å². The number of fused-ring (bicyclic) bond motifs is 1. The Labute approximate surface area is 193 Å². The van der Waals surface area contributed by atoms with Crippen LogP contribution in [0.3, 0.4) is 0 Å². The molecule has 32 heavy (non-hydrogen) atoms. The Morgan fingerprint density at radius 3 is 2.41 bits per heavy atom. The third kappa shape index (κ3) is 4.36. The molecule has 0 saturated carbocycles. The molecular formula is C25H31N3O3S. The SMILES string of the molecule is Cc1sc2c(c1C)C(c1ccc(C(C)(C)C)cc1)=NCC(=O)N2CC(=O)N1CCOCC1. The molecule has 2 amide bonds. The van der Waals surface area contributed by atoms with Crippen molar-refractivity contribution >= 4 is 33.9 Å². The number of benzene rings is 1. The van der Waals surface area contributed by atoms with Gasteiger partial charge in [0, 0.05) is 29.1 Å². The van der Waals surface area contributed by atoms with Crippen LogP contribution in [0.5, 0.6) is 0 Å². The lowest BCUT2D eigenvalue weighted by Gasteiger charge is -2.29. The zero-order chi connectivity index (χ0) is 23.0. The van der Waals surface area contributed by atoms with Crippen LogP contribution in [0.25, 0.3) is 0 Å². The Bertz CT molecular complexity index is 1060. The fraction of sp³-hybridized carbons (Fsp3) is 0.480. The molecule has 1 aromatic heterocycles. The second kappa shape index (κ2) is 8.79. The smallest absolute Gasteiger partial charge is 0.249 e. The molecule has 1 saturated heterocycles. The van der Waals surface area contributed by atoms with Crippen LogP contribution in [0.1, 0.15) is 47.9 Å². The first-order chi connectivity index (χ1) is 15.2. The van der Waals surface area contributed by atoms with Gasteiger partial charge < -0.3 is 9.64 Å². The highest BCUT2D eigenvalue weighted by molar-refractivity contribution is 7.17. The lowest BCUT2D eigenvalue weighted by molar-refractivity contribution is -0.134. The summed E-state index contributed by atoms with van der Waals surface area (Å²) in [6, 6.07) is 8.46. The first-order valence-electron chi connectivity index (χ1n) is 11.1. The monoisotopic (exact) mass is 453 g/mol. The number of anilines is 1. The van der Waals surface area contributed by atoms with E-state index in [4.69, 9.17) is 9.73 Å². The molecule has 7 heteroatoms. The number of rotatable bonds is 3. The standard InChI is InChI=1S/C25H31N3O3S/c1-16-17(2)32-24-22(16)23(18-6-8-19(9-7-18)25(3,4)5)26-14-20(29)28(24)15-21(30)27-10-12-31-13-11-27/h6-9H,10-15H2,1-5H3. The van der Waals surface area contributed by atoms with Gasteiger partial charge in [0.15, 0.2) is 0 Å². The van der Waals surface area contributed by atoms with Crippen molar-refractivity contribution < 1.29 is 14.3 Å². The molecule has 0 atom stereocenters. The lowest BCUT2D eigenvalue weighted by Crippen LogP contribution is -2.47. The molecule has 6 nitrogen and oxygen atoms in total. The Hall–Kier alpha value is -2.51. The van der Waals surface area contributed by atoms with Crippen LogP contribution in [-0.4, -0.2) is 61.8 Å². The fourth-order valence-corrected chi connectivity index (χ4v) is 5.25. The van der Waals surface area contributed by atoms with Gasteiger partial charge in [-0.25, -0.2) is 0 Å². The number of hydrogen-bond donors (Lipinski definition) is 0. The van der Waals surface area contributed by atoms with Gasteiger partial charge in [0.05, 0.1) is 18.9 Å². The lowest BCUT2D eigenvalue weighted by atomic mass is 9.86. The van der Waals surface area contributed by atoms with Gasteiger partial charge in [0.25, 0.3) is 0 Å². The molecule has 2 aliphatic rings. The minimum Gasteiger partial charge on any atom is -0.378 e. The van der Waals surface area contributed by atoms with E-state index in [0.717, 1.165) is 32.3 Å². The Morgan fingerprint density at radius 2 is 1.78 bits per heavy atom. The van der Waals surface area contributed by atoms with E-state index in [2.05, 4.69) is 58.9 Å². The van der Waals surface area contributed by atoms with Crippen molar-refractivity contribution in [2.75, 3.05) is 44.3 Å². The Balaban J connectivity index is 1.70. The highest BCUT2D eigenvalue weighted by Gasteiger charge is 2.32. The molecule has 0 aliphatic carbocycles. The molecule has 0 N–H and O–H groups in total. The largest absolute Gasteiger partial charge is 0.378 e. The molecule has 0 bridgehead atoms. The second-order valence-corrected chi connectivity index (χ2v) is 10.6. The van der Waals surface area contributed by atoms with Crippen molar-refractivity contribution in [1.82, 2.24) is 4.90 Å². The quantitative estimate of drug-likeness (QED) is 0.712. The van der Waals surface area contributed by atoms with Crippen molar-refractivity contribution in [3.05, 3.63) is 51.4 Å². The minimum absolute atomic E-state index is 0.0344. The highest BCUT2D eigenvalue weighted by Crippen LogP contribution is 2.39. The molecule has 1 aromatic carbocycles. The number of carbonyl (C=O) groups excluding carboxylic acids is 2. The average Bonchev–Trinajstić information content (AvgIpc) is 2.98. The Kier molecular flexibility index (Phi) is 6.23. The number of morpholine rings is 1. The molecule has 2 aliphatic heterocycles. The van der Waals surface area contributed by atoms with Gasteiger partial charge in [-0.1, -0.05) is 45.0 Å². The summed E-state index contributed by atoms with van der Waals surface area (Å²) in [6.45, 7) is 13.0. The van der Waals surface area contributed by atoms with Crippen LogP contribution in [0, 0.1) is 13.8 Å². The predicted octanol–water partition coefficient (Wildman–Crippen LogP) is 3.71. The maximum absolute atomic E-state index is 13.1. The van der Waals surface area contributed by atoms with Crippen LogP contribution in [-0.2, 0) is 19.7 Å². The van der Waals surface area contributed by atoms with Gasteiger partial charge in [-0.3, -0.25) is 19.5 Å². The number of carbonyl (C=O) groups is 2. The molecule has 0 radical (unpaired) electrons. The summed E-state index contributed by atoms with van der Waals surface area (Å²) in [4.78, 5) is 35.3. The predicted molar refractivity (Wildman–Crippen MR) is 129 cm³/mol. The number of thiophene rings is 1. The number of amides is 2. The zero-order valence-corrected chi connectivity index (χ0v) is 20.3. The maximum Gasteiger partial charge on any atom is 0.249 e. The summed E-state index contributed by atoms with van der Waals surface area (Å²) >= 11 is 1.57. The van der Waals surface area contributed by atoms with Gasteiger partial charge in [-0.15, -0.1) is 11.3 Å². The van der Waals surface area contributed by atoms with E-state index in [1.807, 2.05) is 0 Å². The maximum atomic E-state index is 13.1. The van der Waals surface area contributed by atoms with Crippen molar-refractivity contribution in [2.45, 2.75) is 40.0 Å². The fourth-order valence-electron chi connectivity index (χ4n) is 4.07. The second-order valence-electron chi connectivity index (χ2n) is 9.43. The molecule has 1 fully saturated rings. The van der Waals surface area contributed by atoms with E-state index >= 15 is 0 Å². The number of aryl methyl sites for hydroxylation is 1. The Morgan fingerprint density at radius 1 is 1.12 bits per heavy atom.